The topological polar surface area (TPSA) is 35.6 Å². The number of likely N-dealkylation sites (N-methyl/N-ethyl adjacent to an activating group) is 1. The van der Waals surface area contributed by atoms with E-state index in [1.165, 1.54) is 6.07 Å². The van der Waals surface area contributed by atoms with Crippen LogP contribution in [0.5, 0.6) is 0 Å². The zero-order valence-electron chi connectivity index (χ0n) is 11.5. The summed E-state index contributed by atoms with van der Waals surface area (Å²) in [5.41, 5.74) is 0.383. The monoisotopic (exact) mass is 343 g/mol. The van der Waals surface area contributed by atoms with Crippen molar-refractivity contribution in [2.24, 2.45) is 0 Å². The standard InChI is InChI=1S/C14H19BrFN3O/c1-18(8-9-19-6-4-17-5-7-19)14(20)11-2-3-12(15)13(16)10-11/h2-3,10,17H,4-9H2,1H3. The summed E-state index contributed by atoms with van der Waals surface area (Å²) < 4.78 is 13.8. The lowest BCUT2D eigenvalue weighted by molar-refractivity contribution is 0.0774. The van der Waals surface area contributed by atoms with E-state index in [0.717, 1.165) is 32.7 Å². The first-order valence-corrected chi connectivity index (χ1v) is 7.51. The molecule has 0 aliphatic carbocycles. The lowest BCUT2D eigenvalue weighted by Crippen LogP contribution is -2.46. The number of amides is 1. The molecule has 0 radical (unpaired) electrons. The summed E-state index contributed by atoms with van der Waals surface area (Å²) in [4.78, 5) is 16.2. The summed E-state index contributed by atoms with van der Waals surface area (Å²) in [6.07, 6.45) is 0. The lowest BCUT2D eigenvalue weighted by Gasteiger charge is -2.29. The van der Waals surface area contributed by atoms with Gasteiger partial charge in [-0.15, -0.1) is 0 Å². The normalized spacial score (nSPS) is 16.1. The first-order chi connectivity index (χ1) is 9.58. The minimum Gasteiger partial charge on any atom is -0.340 e. The molecular weight excluding hydrogens is 325 g/mol. The van der Waals surface area contributed by atoms with Crippen LogP contribution in [0.3, 0.4) is 0 Å². The van der Waals surface area contributed by atoms with E-state index in [1.807, 2.05) is 0 Å². The van der Waals surface area contributed by atoms with Crippen LogP contribution < -0.4 is 5.32 Å². The second-order valence-electron chi connectivity index (χ2n) is 4.95. The first kappa shape index (κ1) is 15.4. The Morgan fingerprint density at radius 3 is 2.80 bits per heavy atom. The molecule has 0 saturated carbocycles. The number of rotatable bonds is 4. The van der Waals surface area contributed by atoms with E-state index in [0.29, 0.717) is 16.6 Å². The molecule has 1 saturated heterocycles. The Balaban J connectivity index is 1.89. The maximum Gasteiger partial charge on any atom is 0.253 e. The third-order valence-corrected chi connectivity index (χ3v) is 4.12. The smallest absolute Gasteiger partial charge is 0.253 e. The van der Waals surface area contributed by atoms with Crippen LogP contribution in [0.2, 0.25) is 0 Å². The van der Waals surface area contributed by atoms with E-state index in [2.05, 4.69) is 26.1 Å². The molecular formula is C14H19BrFN3O. The van der Waals surface area contributed by atoms with Gasteiger partial charge in [0.1, 0.15) is 5.82 Å². The minimum absolute atomic E-state index is 0.147. The highest BCUT2D eigenvalue weighted by Crippen LogP contribution is 2.17. The third kappa shape index (κ3) is 4.01. The van der Waals surface area contributed by atoms with Crippen molar-refractivity contribution in [1.29, 1.82) is 0 Å². The summed E-state index contributed by atoms with van der Waals surface area (Å²) in [5.74, 6) is -0.558. The quantitative estimate of drug-likeness (QED) is 0.901. The van der Waals surface area contributed by atoms with Crippen LogP contribution in [-0.2, 0) is 0 Å². The van der Waals surface area contributed by atoms with Crippen LogP contribution in [-0.4, -0.2) is 62.0 Å². The van der Waals surface area contributed by atoms with Crippen LogP contribution in [0.1, 0.15) is 10.4 Å². The molecule has 1 N–H and O–H groups in total. The number of nitrogens with one attached hydrogen (secondary N) is 1. The van der Waals surface area contributed by atoms with Crippen molar-refractivity contribution in [3.05, 3.63) is 34.1 Å². The predicted molar refractivity (Wildman–Crippen MR) is 80.4 cm³/mol. The average Bonchev–Trinajstić information content (AvgIpc) is 2.48. The number of nitrogens with zero attached hydrogens (tertiary/aromatic N) is 2. The number of benzene rings is 1. The van der Waals surface area contributed by atoms with Gasteiger partial charge >= 0.3 is 0 Å². The number of hydrogen-bond acceptors (Lipinski definition) is 3. The molecule has 1 aromatic rings. The van der Waals surface area contributed by atoms with E-state index in [9.17, 15) is 9.18 Å². The molecule has 1 heterocycles. The van der Waals surface area contributed by atoms with Gasteiger partial charge in [0.15, 0.2) is 0 Å². The zero-order chi connectivity index (χ0) is 14.5. The van der Waals surface area contributed by atoms with Crippen molar-refractivity contribution < 1.29 is 9.18 Å². The van der Waals surface area contributed by atoms with Crippen molar-refractivity contribution in [3.8, 4) is 0 Å². The molecule has 1 aliphatic rings. The van der Waals surface area contributed by atoms with Gasteiger partial charge in [-0.1, -0.05) is 0 Å². The fraction of sp³-hybridized carbons (Fsp3) is 0.500. The van der Waals surface area contributed by atoms with Crippen molar-refractivity contribution >= 4 is 21.8 Å². The molecule has 0 unspecified atom stereocenters. The van der Waals surface area contributed by atoms with E-state index in [1.54, 1.807) is 24.1 Å². The molecule has 110 valence electrons. The van der Waals surface area contributed by atoms with Gasteiger partial charge in [0.2, 0.25) is 0 Å². The van der Waals surface area contributed by atoms with Crippen LogP contribution in [0, 0.1) is 5.82 Å². The van der Waals surface area contributed by atoms with Crippen molar-refractivity contribution in [1.82, 2.24) is 15.1 Å². The molecule has 4 nitrogen and oxygen atoms in total. The first-order valence-electron chi connectivity index (χ1n) is 6.71. The second-order valence-corrected chi connectivity index (χ2v) is 5.80. The SMILES string of the molecule is CN(CCN1CCNCC1)C(=O)c1ccc(Br)c(F)c1. The molecule has 1 aromatic carbocycles. The fourth-order valence-corrected chi connectivity index (χ4v) is 2.42. The van der Waals surface area contributed by atoms with Gasteiger partial charge in [-0.25, -0.2) is 4.39 Å². The summed E-state index contributed by atoms with van der Waals surface area (Å²) in [6.45, 7) is 5.51. The molecule has 1 fully saturated rings. The van der Waals surface area contributed by atoms with Gasteiger partial charge in [0.25, 0.3) is 5.91 Å². The van der Waals surface area contributed by atoms with Crippen LogP contribution in [0.25, 0.3) is 0 Å². The summed E-state index contributed by atoms with van der Waals surface area (Å²) in [7, 11) is 1.75. The maximum absolute atomic E-state index is 13.4. The summed E-state index contributed by atoms with van der Waals surface area (Å²) in [6, 6.07) is 4.47. The Morgan fingerprint density at radius 2 is 2.15 bits per heavy atom. The van der Waals surface area contributed by atoms with E-state index >= 15 is 0 Å². The summed E-state index contributed by atoms with van der Waals surface area (Å²) >= 11 is 3.09. The Bertz CT molecular complexity index is 477. The number of carbonyl (C=O) groups is 1. The number of carbonyl (C=O) groups excluding carboxylic acids is 1. The van der Waals surface area contributed by atoms with Crippen LogP contribution in [0.4, 0.5) is 4.39 Å². The Hall–Kier alpha value is -0.980. The van der Waals surface area contributed by atoms with Gasteiger partial charge < -0.3 is 10.2 Å². The van der Waals surface area contributed by atoms with Gasteiger partial charge in [-0.3, -0.25) is 9.69 Å². The van der Waals surface area contributed by atoms with Gasteiger partial charge in [-0.05, 0) is 34.1 Å². The predicted octanol–water partition coefficient (Wildman–Crippen LogP) is 1.57. The molecule has 0 atom stereocenters. The molecule has 6 heteroatoms. The van der Waals surface area contributed by atoms with Crippen LogP contribution in [0.15, 0.2) is 22.7 Å². The molecule has 20 heavy (non-hydrogen) atoms. The Kier molecular flexibility index (Phi) is 5.51. The van der Waals surface area contributed by atoms with E-state index in [-0.39, 0.29) is 5.91 Å². The van der Waals surface area contributed by atoms with Crippen molar-refractivity contribution in [2.45, 2.75) is 0 Å². The maximum atomic E-state index is 13.4. The number of hydrogen-bond donors (Lipinski definition) is 1. The molecule has 1 amide bonds. The molecule has 0 bridgehead atoms. The number of piperazine rings is 1. The van der Waals surface area contributed by atoms with Gasteiger partial charge in [0, 0.05) is 51.9 Å². The summed E-state index contributed by atoms with van der Waals surface area (Å²) in [5, 5.41) is 3.29. The van der Waals surface area contributed by atoms with Crippen LogP contribution >= 0.6 is 15.9 Å². The third-order valence-electron chi connectivity index (χ3n) is 3.47. The highest BCUT2D eigenvalue weighted by molar-refractivity contribution is 9.10. The lowest BCUT2D eigenvalue weighted by atomic mass is 10.2. The average molecular weight is 344 g/mol. The molecule has 0 spiro atoms. The van der Waals surface area contributed by atoms with E-state index in [4.69, 9.17) is 0 Å². The second kappa shape index (κ2) is 7.15. The highest BCUT2D eigenvalue weighted by atomic mass is 79.9. The Morgan fingerprint density at radius 1 is 1.45 bits per heavy atom. The van der Waals surface area contributed by atoms with Gasteiger partial charge in [-0.2, -0.15) is 0 Å². The Labute approximate surface area is 127 Å². The van der Waals surface area contributed by atoms with Gasteiger partial charge in [0.05, 0.1) is 4.47 Å². The molecule has 1 aliphatic heterocycles. The minimum atomic E-state index is -0.411. The highest BCUT2D eigenvalue weighted by Gasteiger charge is 2.15. The largest absolute Gasteiger partial charge is 0.340 e. The van der Waals surface area contributed by atoms with E-state index < -0.39 is 5.82 Å². The zero-order valence-corrected chi connectivity index (χ0v) is 13.1. The van der Waals surface area contributed by atoms with Crippen molar-refractivity contribution in [3.63, 3.8) is 0 Å². The fourth-order valence-electron chi connectivity index (χ4n) is 2.18. The number of halogens is 2. The molecule has 2 rings (SSSR count). The van der Waals surface area contributed by atoms with Crippen molar-refractivity contribution in [2.75, 3.05) is 46.3 Å². The molecule has 0 aromatic heterocycles.